The molecule has 9 nitrogen and oxygen atoms in total. The van der Waals surface area contributed by atoms with Gasteiger partial charge in [0.05, 0.1) is 21.3 Å². The summed E-state index contributed by atoms with van der Waals surface area (Å²) in [6, 6.07) is 12.1. The van der Waals surface area contributed by atoms with E-state index in [0.29, 0.717) is 34.4 Å². The zero-order valence-electron chi connectivity index (χ0n) is 19.1. The highest BCUT2D eigenvalue weighted by Crippen LogP contribution is 2.33. The number of aromatic nitrogens is 1. The topological polar surface area (TPSA) is 118 Å². The van der Waals surface area contributed by atoms with Crippen LogP contribution in [0.2, 0.25) is 5.02 Å². The summed E-state index contributed by atoms with van der Waals surface area (Å²) in [5.74, 6) is 1.11. The number of hydrogen-bond acceptors (Lipinski definition) is 8. The predicted molar refractivity (Wildman–Crippen MR) is 127 cm³/mol. The van der Waals surface area contributed by atoms with Crippen LogP contribution in [0.3, 0.4) is 0 Å². The smallest absolute Gasteiger partial charge is 0.281 e. The molecule has 10 heteroatoms. The van der Waals surface area contributed by atoms with Crippen molar-refractivity contribution in [2.45, 2.75) is 19.9 Å². The number of methoxy groups -OCH3 is 3. The third kappa shape index (κ3) is 4.97. The van der Waals surface area contributed by atoms with Gasteiger partial charge in [0.15, 0.2) is 17.2 Å². The molecule has 0 aliphatic heterocycles. The number of aromatic hydroxyl groups is 1. The number of azo groups is 1. The van der Waals surface area contributed by atoms with Crippen molar-refractivity contribution in [3.63, 3.8) is 0 Å². The molecule has 0 aliphatic carbocycles. The van der Waals surface area contributed by atoms with E-state index in [9.17, 15) is 15.2 Å². The maximum Gasteiger partial charge on any atom is 0.281 e. The second-order valence-electron chi connectivity index (χ2n) is 7.20. The molecule has 0 unspecified atom stereocenters. The molecule has 34 heavy (non-hydrogen) atoms. The Labute approximate surface area is 201 Å². The standard InChI is InChI=1S/C24H23ClN4O5/c1-14-17(13-26)23(30)29(10-9-15-5-7-20(33-3)21(11-15)34-4)24(31)22(14)28-27-18-12-16(25)6-8-19(18)32-2/h5-8,11-12,30H,9-10H2,1-4H3. The zero-order valence-corrected chi connectivity index (χ0v) is 19.9. The fraction of sp³-hybridized carbons (Fsp3) is 0.250. The molecule has 0 bridgehead atoms. The number of halogens is 1. The fourth-order valence-electron chi connectivity index (χ4n) is 3.39. The van der Waals surface area contributed by atoms with E-state index in [2.05, 4.69) is 10.2 Å². The van der Waals surface area contributed by atoms with Crippen LogP contribution in [0.1, 0.15) is 16.7 Å². The fourth-order valence-corrected chi connectivity index (χ4v) is 3.55. The number of nitriles is 1. The molecule has 176 valence electrons. The Morgan fingerprint density at radius 1 is 1.03 bits per heavy atom. The maximum atomic E-state index is 13.2. The molecule has 0 atom stereocenters. The van der Waals surface area contributed by atoms with Crippen LogP contribution < -0.4 is 19.8 Å². The Morgan fingerprint density at radius 3 is 2.35 bits per heavy atom. The van der Waals surface area contributed by atoms with Crippen molar-refractivity contribution < 1.29 is 19.3 Å². The predicted octanol–water partition coefficient (Wildman–Crippen LogP) is 5.07. The van der Waals surface area contributed by atoms with E-state index in [1.54, 1.807) is 37.4 Å². The van der Waals surface area contributed by atoms with Crippen LogP contribution in [-0.4, -0.2) is 31.0 Å². The lowest BCUT2D eigenvalue weighted by atomic mass is 10.1. The van der Waals surface area contributed by atoms with Crippen LogP contribution >= 0.6 is 11.6 Å². The molecule has 3 rings (SSSR count). The number of nitrogens with zero attached hydrogens (tertiary/aromatic N) is 4. The number of ether oxygens (including phenoxy) is 3. The maximum absolute atomic E-state index is 13.2. The minimum atomic E-state index is -0.584. The highest BCUT2D eigenvalue weighted by molar-refractivity contribution is 6.30. The first kappa shape index (κ1) is 24.6. The average molecular weight is 483 g/mol. The van der Waals surface area contributed by atoms with Crippen molar-refractivity contribution in [1.82, 2.24) is 4.57 Å². The second-order valence-corrected chi connectivity index (χ2v) is 7.63. The zero-order chi connectivity index (χ0) is 24.8. The van der Waals surface area contributed by atoms with Crippen molar-refractivity contribution >= 4 is 23.0 Å². The van der Waals surface area contributed by atoms with E-state index in [-0.39, 0.29) is 23.4 Å². The van der Waals surface area contributed by atoms with Gasteiger partial charge in [-0.25, -0.2) is 0 Å². The molecular weight excluding hydrogens is 460 g/mol. The lowest BCUT2D eigenvalue weighted by molar-refractivity contribution is 0.354. The normalized spacial score (nSPS) is 10.8. The van der Waals surface area contributed by atoms with Gasteiger partial charge in [0, 0.05) is 17.1 Å². The summed E-state index contributed by atoms with van der Waals surface area (Å²) in [4.78, 5) is 13.2. The van der Waals surface area contributed by atoms with Crippen LogP contribution in [0.15, 0.2) is 51.4 Å². The Balaban J connectivity index is 2.02. The van der Waals surface area contributed by atoms with Gasteiger partial charge in [0.25, 0.3) is 5.56 Å². The van der Waals surface area contributed by atoms with Crippen molar-refractivity contribution in [3.8, 4) is 29.2 Å². The quantitative estimate of drug-likeness (QED) is 0.447. The molecule has 0 radical (unpaired) electrons. The van der Waals surface area contributed by atoms with Crippen LogP contribution in [0.4, 0.5) is 11.4 Å². The highest BCUT2D eigenvalue weighted by atomic mass is 35.5. The first-order valence-electron chi connectivity index (χ1n) is 10.2. The lowest BCUT2D eigenvalue weighted by Crippen LogP contribution is -2.23. The Hall–Kier alpha value is -4.03. The van der Waals surface area contributed by atoms with Gasteiger partial charge >= 0.3 is 0 Å². The minimum absolute atomic E-state index is 0.0566. The summed E-state index contributed by atoms with van der Waals surface area (Å²) in [6.45, 7) is 1.63. The lowest BCUT2D eigenvalue weighted by Gasteiger charge is -2.14. The van der Waals surface area contributed by atoms with Gasteiger partial charge in [-0.05, 0) is 49.2 Å². The molecule has 3 aromatic rings. The SMILES string of the molecule is COc1ccc(Cl)cc1N=Nc1c(C)c(C#N)c(O)n(CCc2ccc(OC)c(OC)c2)c1=O. The molecule has 1 N–H and O–H groups in total. The molecule has 0 saturated carbocycles. The number of rotatable bonds is 8. The molecule has 0 aliphatic rings. The summed E-state index contributed by atoms with van der Waals surface area (Å²) in [7, 11) is 4.55. The van der Waals surface area contributed by atoms with Gasteiger partial charge in [-0.2, -0.15) is 5.26 Å². The third-order valence-corrected chi connectivity index (χ3v) is 5.47. The molecule has 0 saturated heterocycles. The van der Waals surface area contributed by atoms with E-state index in [0.717, 1.165) is 10.1 Å². The van der Waals surface area contributed by atoms with Crippen molar-refractivity contribution in [1.29, 1.82) is 5.26 Å². The van der Waals surface area contributed by atoms with Crippen LogP contribution in [0.25, 0.3) is 0 Å². The average Bonchev–Trinajstić information content (AvgIpc) is 2.84. The Kier molecular flexibility index (Phi) is 7.76. The van der Waals surface area contributed by atoms with Gasteiger partial charge in [0.2, 0.25) is 5.88 Å². The van der Waals surface area contributed by atoms with E-state index in [4.69, 9.17) is 25.8 Å². The van der Waals surface area contributed by atoms with Crippen LogP contribution in [-0.2, 0) is 13.0 Å². The van der Waals surface area contributed by atoms with Crippen LogP contribution in [0.5, 0.6) is 23.1 Å². The van der Waals surface area contributed by atoms with E-state index < -0.39 is 11.4 Å². The number of benzene rings is 2. The van der Waals surface area contributed by atoms with Gasteiger partial charge in [-0.3, -0.25) is 9.36 Å². The third-order valence-electron chi connectivity index (χ3n) is 5.24. The Morgan fingerprint density at radius 2 is 1.71 bits per heavy atom. The highest BCUT2D eigenvalue weighted by Gasteiger charge is 2.19. The first-order valence-corrected chi connectivity index (χ1v) is 10.5. The first-order chi connectivity index (χ1) is 16.3. The van der Waals surface area contributed by atoms with Crippen molar-refractivity contribution in [3.05, 3.63) is 68.5 Å². The van der Waals surface area contributed by atoms with Gasteiger partial charge in [0.1, 0.15) is 23.1 Å². The molecular formula is C24H23ClN4O5. The summed E-state index contributed by atoms with van der Waals surface area (Å²) < 4.78 is 16.9. The van der Waals surface area contributed by atoms with E-state index >= 15 is 0 Å². The molecule has 2 aromatic carbocycles. The molecule has 1 aromatic heterocycles. The van der Waals surface area contributed by atoms with E-state index in [1.165, 1.54) is 21.1 Å². The Bertz CT molecular complexity index is 1340. The summed E-state index contributed by atoms with van der Waals surface area (Å²) >= 11 is 6.04. The monoisotopic (exact) mass is 482 g/mol. The molecule has 1 heterocycles. The second kappa shape index (κ2) is 10.7. The van der Waals surface area contributed by atoms with Crippen molar-refractivity contribution in [2.75, 3.05) is 21.3 Å². The summed E-state index contributed by atoms with van der Waals surface area (Å²) in [6.07, 6.45) is 0.375. The van der Waals surface area contributed by atoms with Gasteiger partial charge in [-0.15, -0.1) is 10.2 Å². The van der Waals surface area contributed by atoms with Gasteiger partial charge < -0.3 is 19.3 Å². The number of hydrogen-bond donors (Lipinski definition) is 1. The summed E-state index contributed by atoms with van der Waals surface area (Å²) in [5.41, 5.74) is 0.672. The summed E-state index contributed by atoms with van der Waals surface area (Å²) in [5, 5.41) is 28.8. The van der Waals surface area contributed by atoms with Gasteiger partial charge in [-0.1, -0.05) is 17.7 Å². The number of aryl methyl sites for hydroxylation is 1. The molecule has 0 fully saturated rings. The molecule has 0 spiro atoms. The van der Waals surface area contributed by atoms with Crippen LogP contribution in [0, 0.1) is 18.3 Å². The minimum Gasteiger partial charge on any atom is -0.494 e. The largest absolute Gasteiger partial charge is 0.494 e. The van der Waals surface area contributed by atoms with Crippen molar-refractivity contribution in [2.24, 2.45) is 10.2 Å². The van der Waals surface area contributed by atoms with E-state index in [1.807, 2.05) is 12.1 Å². The number of pyridine rings is 1. The molecule has 0 amide bonds.